The smallest absolute Gasteiger partial charge is 0.251 e. The van der Waals surface area contributed by atoms with Crippen molar-refractivity contribution in [3.05, 3.63) is 82.3 Å². The number of tetrazole rings is 1. The van der Waals surface area contributed by atoms with Gasteiger partial charge in [0.2, 0.25) is 11.7 Å². The number of benzene rings is 2. The molecule has 0 unspecified atom stereocenters. The Kier molecular flexibility index (Phi) is 7.36. The lowest BCUT2D eigenvalue weighted by atomic mass is 10.1. The molecule has 8 nitrogen and oxygen atoms in total. The number of hydrogen-bond donors (Lipinski definition) is 1. The molecule has 10 heteroatoms. The number of aryl methyl sites for hydroxylation is 1. The summed E-state index contributed by atoms with van der Waals surface area (Å²) >= 11 is 1.44. The highest BCUT2D eigenvalue weighted by Crippen LogP contribution is 2.33. The van der Waals surface area contributed by atoms with Crippen LogP contribution in [0.15, 0.2) is 66.0 Å². The first kappa shape index (κ1) is 24.8. The fraction of sp³-hybridized carbons (Fsp3) is 0.296. The van der Waals surface area contributed by atoms with Gasteiger partial charge in [0, 0.05) is 22.2 Å². The lowest BCUT2D eigenvalue weighted by molar-refractivity contribution is -0.127. The van der Waals surface area contributed by atoms with E-state index in [2.05, 4.69) is 20.7 Å². The molecule has 1 saturated carbocycles. The van der Waals surface area contributed by atoms with E-state index in [0.717, 1.165) is 36.1 Å². The maximum absolute atomic E-state index is 13.9. The topological polar surface area (TPSA) is 93.0 Å². The van der Waals surface area contributed by atoms with Crippen molar-refractivity contribution in [2.45, 2.75) is 51.2 Å². The summed E-state index contributed by atoms with van der Waals surface area (Å²) in [7, 11) is 0. The van der Waals surface area contributed by atoms with Crippen molar-refractivity contribution in [2.75, 3.05) is 4.90 Å². The molecule has 2 amide bonds. The molecule has 4 aromatic rings. The second-order valence-corrected chi connectivity index (χ2v) is 10.1. The summed E-state index contributed by atoms with van der Waals surface area (Å²) in [5.74, 6) is -0.637. The molecule has 1 N–H and O–H groups in total. The van der Waals surface area contributed by atoms with Crippen molar-refractivity contribution < 1.29 is 14.0 Å². The number of aromatic nitrogens is 4. The molecule has 0 saturated heterocycles. The summed E-state index contributed by atoms with van der Waals surface area (Å²) in [6.45, 7) is 1.69. The number of anilines is 1. The molecule has 0 aliphatic heterocycles. The summed E-state index contributed by atoms with van der Waals surface area (Å²) in [4.78, 5) is 31.1. The summed E-state index contributed by atoms with van der Waals surface area (Å²) in [5, 5.41) is 17.5. The Labute approximate surface area is 218 Å². The number of carbonyl (C=O) groups excluding carboxylic acids is 2. The van der Waals surface area contributed by atoms with Crippen molar-refractivity contribution in [1.82, 2.24) is 25.5 Å². The van der Waals surface area contributed by atoms with Crippen LogP contribution in [0.4, 0.5) is 10.1 Å². The lowest BCUT2D eigenvalue weighted by Crippen LogP contribution is -2.47. The fourth-order valence-electron chi connectivity index (χ4n) is 4.64. The Morgan fingerprint density at radius 1 is 1.11 bits per heavy atom. The normalized spacial score (nSPS) is 14.4. The molecular weight excluding hydrogens is 491 g/mol. The number of para-hydroxylation sites is 1. The Balaban J connectivity index is 1.48. The van der Waals surface area contributed by atoms with Gasteiger partial charge in [0.25, 0.3) is 5.91 Å². The predicted molar refractivity (Wildman–Crippen MR) is 139 cm³/mol. The van der Waals surface area contributed by atoms with E-state index in [9.17, 15) is 14.0 Å². The Hall–Kier alpha value is -3.92. The van der Waals surface area contributed by atoms with E-state index >= 15 is 0 Å². The van der Waals surface area contributed by atoms with Gasteiger partial charge >= 0.3 is 0 Å². The number of hydrogen-bond acceptors (Lipinski definition) is 6. The minimum atomic E-state index is -0.839. The minimum Gasteiger partial charge on any atom is -0.351 e. The van der Waals surface area contributed by atoms with E-state index in [1.54, 1.807) is 17.0 Å². The lowest BCUT2D eigenvalue weighted by Gasteiger charge is -2.32. The first-order valence-electron chi connectivity index (χ1n) is 12.2. The predicted octanol–water partition coefficient (Wildman–Crippen LogP) is 4.68. The molecular formula is C27H27FN6O2S. The Morgan fingerprint density at radius 2 is 1.86 bits per heavy atom. The largest absolute Gasteiger partial charge is 0.351 e. The Bertz CT molecular complexity index is 1370. The van der Waals surface area contributed by atoms with Crippen molar-refractivity contribution in [3.63, 3.8) is 0 Å². The quantitative estimate of drug-likeness (QED) is 0.366. The van der Waals surface area contributed by atoms with Gasteiger partial charge in [-0.15, -0.1) is 21.5 Å². The van der Waals surface area contributed by atoms with Crippen molar-refractivity contribution in [3.8, 4) is 11.4 Å². The monoisotopic (exact) mass is 518 g/mol. The van der Waals surface area contributed by atoms with E-state index in [1.807, 2.05) is 48.7 Å². The van der Waals surface area contributed by atoms with Crippen LogP contribution in [0.25, 0.3) is 11.4 Å². The second kappa shape index (κ2) is 11.0. The van der Waals surface area contributed by atoms with Gasteiger partial charge in [0.05, 0.1) is 0 Å². The maximum Gasteiger partial charge on any atom is 0.251 e. The maximum atomic E-state index is 13.9. The zero-order valence-corrected chi connectivity index (χ0v) is 21.2. The summed E-state index contributed by atoms with van der Waals surface area (Å²) < 4.78 is 13.3. The van der Waals surface area contributed by atoms with Crippen LogP contribution in [-0.4, -0.2) is 38.1 Å². The molecule has 5 rings (SSSR count). The molecule has 1 aliphatic rings. The van der Waals surface area contributed by atoms with Gasteiger partial charge in [-0.3, -0.25) is 14.5 Å². The van der Waals surface area contributed by atoms with Crippen LogP contribution in [0, 0.1) is 12.7 Å². The second-order valence-electron chi connectivity index (χ2n) is 9.11. The van der Waals surface area contributed by atoms with Crippen LogP contribution in [0.2, 0.25) is 0 Å². The molecule has 1 aliphatic carbocycles. The van der Waals surface area contributed by atoms with E-state index < -0.39 is 6.04 Å². The summed E-state index contributed by atoms with van der Waals surface area (Å²) in [6.07, 6.45) is 4.05. The number of halogens is 1. The van der Waals surface area contributed by atoms with Crippen molar-refractivity contribution in [1.29, 1.82) is 0 Å². The van der Waals surface area contributed by atoms with Crippen molar-refractivity contribution >= 4 is 28.8 Å². The van der Waals surface area contributed by atoms with Crippen LogP contribution in [0.3, 0.4) is 0 Å². The number of amides is 2. The van der Waals surface area contributed by atoms with E-state index in [4.69, 9.17) is 0 Å². The first-order chi connectivity index (χ1) is 18.0. The third-order valence-corrected chi connectivity index (χ3v) is 7.42. The SMILES string of the molecule is Cc1ccccc1N(C(=O)Cn1nnc(-c2ccc(F)cc2)n1)[C@@H](C(=O)NC1CCCC1)c1cccs1. The van der Waals surface area contributed by atoms with Gasteiger partial charge in [-0.25, -0.2) is 4.39 Å². The molecule has 0 spiro atoms. The highest BCUT2D eigenvalue weighted by Gasteiger charge is 2.36. The molecule has 1 atom stereocenters. The van der Waals surface area contributed by atoms with Gasteiger partial charge in [-0.05, 0) is 72.3 Å². The average Bonchev–Trinajstić information content (AvgIpc) is 3.67. The van der Waals surface area contributed by atoms with Gasteiger partial charge in [0.15, 0.2) is 0 Å². The van der Waals surface area contributed by atoms with Crippen LogP contribution in [0.5, 0.6) is 0 Å². The fourth-order valence-corrected chi connectivity index (χ4v) is 5.46. The number of nitrogens with zero attached hydrogens (tertiary/aromatic N) is 5. The highest BCUT2D eigenvalue weighted by molar-refractivity contribution is 7.10. The van der Waals surface area contributed by atoms with Gasteiger partial charge in [-0.1, -0.05) is 37.1 Å². The third kappa shape index (κ3) is 5.59. The van der Waals surface area contributed by atoms with E-state index in [0.29, 0.717) is 11.3 Å². The minimum absolute atomic E-state index is 0.110. The average molecular weight is 519 g/mol. The van der Waals surface area contributed by atoms with Crippen LogP contribution in [0.1, 0.15) is 42.2 Å². The number of rotatable bonds is 8. The molecule has 0 radical (unpaired) electrons. The van der Waals surface area contributed by atoms with Gasteiger partial charge in [0.1, 0.15) is 18.4 Å². The molecule has 190 valence electrons. The molecule has 2 heterocycles. The summed E-state index contributed by atoms with van der Waals surface area (Å²) in [6, 6.07) is 16.3. The number of carbonyl (C=O) groups is 2. The Morgan fingerprint density at radius 3 is 2.57 bits per heavy atom. The number of nitrogens with one attached hydrogen (secondary N) is 1. The first-order valence-corrected chi connectivity index (χ1v) is 13.1. The molecule has 1 fully saturated rings. The van der Waals surface area contributed by atoms with Crippen LogP contribution in [-0.2, 0) is 16.1 Å². The van der Waals surface area contributed by atoms with E-state index in [-0.39, 0.29) is 36.0 Å². The zero-order valence-electron chi connectivity index (χ0n) is 20.4. The molecule has 2 aromatic heterocycles. The van der Waals surface area contributed by atoms with Gasteiger partial charge in [-0.2, -0.15) is 4.80 Å². The zero-order chi connectivity index (χ0) is 25.8. The van der Waals surface area contributed by atoms with E-state index in [1.165, 1.54) is 28.3 Å². The molecule has 0 bridgehead atoms. The standard InChI is InChI=1S/C27H27FN6O2S/c1-18-7-2-5-10-22(18)34(25(23-11-6-16-37-23)27(36)29-21-8-3-4-9-21)24(35)17-33-31-26(30-32-33)19-12-14-20(28)15-13-19/h2,5-7,10-16,21,25H,3-4,8-9,17H2,1H3,(H,29,36)/t25-/m1/s1. The number of thiophene rings is 1. The summed E-state index contributed by atoms with van der Waals surface area (Å²) in [5.41, 5.74) is 2.10. The highest BCUT2D eigenvalue weighted by atomic mass is 32.1. The molecule has 37 heavy (non-hydrogen) atoms. The third-order valence-electron chi connectivity index (χ3n) is 6.50. The van der Waals surface area contributed by atoms with Crippen LogP contribution >= 0.6 is 11.3 Å². The van der Waals surface area contributed by atoms with Crippen LogP contribution < -0.4 is 10.2 Å². The van der Waals surface area contributed by atoms with Gasteiger partial charge < -0.3 is 5.32 Å². The van der Waals surface area contributed by atoms with Crippen molar-refractivity contribution in [2.24, 2.45) is 0 Å². The molecule has 2 aromatic carbocycles.